The lowest BCUT2D eigenvalue weighted by atomic mass is 10.1. The molecule has 1 aromatic rings. The number of benzene rings is 1. The number of nitrogens with zero attached hydrogens (tertiary/aromatic N) is 1. The van der Waals surface area contributed by atoms with E-state index >= 15 is 0 Å². The number of hydrogen-bond donors (Lipinski definition) is 2. The summed E-state index contributed by atoms with van der Waals surface area (Å²) < 4.78 is 0. The zero-order valence-electron chi connectivity index (χ0n) is 12.6. The highest BCUT2D eigenvalue weighted by Gasteiger charge is 2.07. The van der Waals surface area contributed by atoms with E-state index in [-0.39, 0.29) is 18.3 Å². The van der Waals surface area contributed by atoms with Crippen LogP contribution in [-0.2, 0) is 17.9 Å². The molecular formula is C15H26ClN3O. The van der Waals surface area contributed by atoms with Crippen molar-refractivity contribution in [2.45, 2.75) is 26.9 Å². The lowest BCUT2D eigenvalue weighted by Crippen LogP contribution is -2.32. The van der Waals surface area contributed by atoms with Gasteiger partial charge in [-0.2, -0.15) is 0 Å². The molecule has 0 heterocycles. The van der Waals surface area contributed by atoms with Crippen LogP contribution >= 0.6 is 12.4 Å². The second-order valence-corrected chi connectivity index (χ2v) is 4.54. The van der Waals surface area contributed by atoms with E-state index in [0.717, 1.165) is 19.6 Å². The number of hydrogen-bond acceptors (Lipinski definition) is 3. The minimum atomic E-state index is 0. The zero-order chi connectivity index (χ0) is 14.1. The summed E-state index contributed by atoms with van der Waals surface area (Å²) in [6, 6.07) is 8.29. The summed E-state index contributed by atoms with van der Waals surface area (Å²) in [4.78, 5) is 13.8. The number of amides is 1. The Kier molecular flexibility index (Phi) is 10.1. The minimum Gasteiger partial charge on any atom is -0.351 e. The first-order valence-electron chi connectivity index (χ1n) is 6.91. The lowest BCUT2D eigenvalue weighted by Gasteiger charge is -2.20. The van der Waals surface area contributed by atoms with Gasteiger partial charge in [-0.25, -0.2) is 0 Å². The molecular weight excluding hydrogens is 274 g/mol. The number of rotatable bonds is 8. The topological polar surface area (TPSA) is 44.4 Å². The molecule has 0 bridgehead atoms. The maximum Gasteiger partial charge on any atom is 0.234 e. The molecule has 0 spiro atoms. The average molecular weight is 300 g/mol. The van der Waals surface area contributed by atoms with Gasteiger partial charge in [0, 0.05) is 13.1 Å². The Morgan fingerprint density at radius 2 is 1.75 bits per heavy atom. The Morgan fingerprint density at radius 3 is 2.30 bits per heavy atom. The molecule has 0 aliphatic rings. The van der Waals surface area contributed by atoms with Crippen LogP contribution in [0.1, 0.15) is 25.0 Å². The fourth-order valence-corrected chi connectivity index (χ4v) is 1.99. The van der Waals surface area contributed by atoms with E-state index in [9.17, 15) is 4.79 Å². The van der Waals surface area contributed by atoms with E-state index in [0.29, 0.717) is 13.1 Å². The maximum atomic E-state index is 11.5. The van der Waals surface area contributed by atoms with Gasteiger partial charge in [-0.1, -0.05) is 38.1 Å². The molecule has 4 nitrogen and oxygen atoms in total. The molecule has 1 rings (SSSR count). The van der Waals surface area contributed by atoms with Gasteiger partial charge in [-0.3, -0.25) is 9.69 Å². The monoisotopic (exact) mass is 299 g/mol. The van der Waals surface area contributed by atoms with Crippen LogP contribution in [0.5, 0.6) is 0 Å². The summed E-state index contributed by atoms with van der Waals surface area (Å²) in [5.74, 6) is 0.0279. The van der Waals surface area contributed by atoms with Gasteiger partial charge in [-0.05, 0) is 31.3 Å². The van der Waals surface area contributed by atoms with Crippen LogP contribution in [0.3, 0.4) is 0 Å². The van der Waals surface area contributed by atoms with Gasteiger partial charge in [0.05, 0.1) is 6.54 Å². The number of halogens is 1. The molecule has 0 saturated heterocycles. The lowest BCUT2D eigenvalue weighted by molar-refractivity contribution is -0.120. The Labute approximate surface area is 128 Å². The number of carbonyl (C=O) groups excluding carboxylic acids is 1. The van der Waals surface area contributed by atoms with Crippen LogP contribution in [0.4, 0.5) is 0 Å². The average Bonchev–Trinajstić information content (AvgIpc) is 2.44. The highest BCUT2D eigenvalue weighted by atomic mass is 35.5. The Balaban J connectivity index is 0.00000361. The molecule has 5 heteroatoms. The molecule has 1 aromatic carbocycles. The molecule has 0 radical (unpaired) electrons. The molecule has 0 aliphatic carbocycles. The van der Waals surface area contributed by atoms with E-state index in [1.807, 2.05) is 6.07 Å². The van der Waals surface area contributed by atoms with E-state index in [1.165, 1.54) is 11.1 Å². The fraction of sp³-hybridized carbons (Fsp3) is 0.533. The Morgan fingerprint density at radius 1 is 1.15 bits per heavy atom. The predicted octanol–water partition coefficient (Wildman–Crippen LogP) is 1.79. The van der Waals surface area contributed by atoms with Crippen molar-refractivity contribution >= 4 is 18.3 Å². The number of carbonyl (C=O) groups is 1. The smallest absolute Gasteiger partial charge is 0.234 e. The maximum absolute atomic E-state index is 11.5. The molecule has 20 heavy (non-hydrogen) atoms. The minimum absolute atomic E-state index is 0. The van der Waals surface area contributed by atoms with Crippen molar-refractivity contribution in [1.29, 1.82) is 0 Å². The molecule has 114 valence electrons. The largest absolute Gasteiger partial charge is 0.351 e. The zero-order valence-corrected chi connectivity index (χ0v) is 13.4. The number of likely N-dealkylation sites (N-methyl/N-ethyl adjacent to an activating group) is 1. The van der Waals surface area contributed by atoms with Crippen molar-refractivity contribution < 1.29 is 4.79 Å². The summed E-state index contributed by atoms with van der Waals surface area (Å²) >= 11 is 0. The Bertz CT molecular complexity index is 394. The van der Waals surface area contributed by atoms with E-state index in [2.05, 4.69) is 47.6 Å². The highest BCUT2D eigenvalue weighted by Crippen LogP contribution is 2.11. The Hall–Kier alpha value is -1.10. The third-order valence-corrected chi connectivity index (χ3v) is 3.22. The first-order valence-corrected chi connectivity index (χ1v) is 6.91. The molecule has 0 saturated carbocycles. The highest BCUT2D eigenvalue weighted by molar-refractivity contribution is 5.85. The molecule has 1 amide bonds. The molecule has 0 aliphatic heterocycles. The second kappa shape index (κ2) is 10.7. The van der Waals surface area contributed by atoms with Crippen molar-refractivity contribution in [1.82, 2.24) is 15.5 Å². The van der Waals surface area contributed by atoms with Gasteiger partial charge in [0.2, 0.25) is 5.91 Å². The van der Waals surface area contributed by atoms with Crippen molar-refractivity contribution in [2.24, 2.45) is 0 Å². The summed E-state index contributed by atoms with van der Waals surface area (Å²) in [5.41, 5.74) is 2.48. The summed E-state index contributed by atoms with van der Waals surface area (Å²) in [6.07, 6.45) is 0. The molecule has 0 unspecified atom stereocenters. The van der Waals surface area contributed by atoms with Crippen LogP contribution in [0.25, 0.3) is 0 Å². The predicted molar refractivity (Wildman–Crippen MR) is 86.1 cm³/mol. The fourth-order valence-electron chi connectivity index (χ4n) is 1.99. The van der Waals surface area contributed by atoms with Crippen molar-refractivity contribution in [2.75, 3.05) is 26.7 Å². The van der Waals surface area contributed by atoms with Crippen molar-refractivity contribution in [3.05, 3.63) is 35.4 Å². The van der Waals surface area contributed by atoms with Gasteiger partial charge in [0.25, 0.3) is 0 Å². The van der Waals surface area contributed by atoms with Gasteiger partial charge < -0.3 is 10.6 Å². The van der Waals surface area contributed by atoms with Crippen molar-refractivity contribution in [3.63, 3.8) is 0 Å². The van der Waals surface area contributed by atoms with Gasteiger partial charge in [0.1, 0.15) is 0 Å². The molecule has 2 N–H and O–H groups in total. The van der Waals surface area contributed by atoms with Crippen molar-refractivity contribution in [3.8, 4) is 0 Å². The first kappa shape index (κ1) is 18.9. The standard InChI is InChI=1S/C15H25N3O.ClH/c1-4-18(5-2)12-14-9-7-6-8-13(14)10-17-15(19)11-16-3;/h6-9,16H,4-5,10-12H2,1-3H3,(H,17,19);1H. The van der Waals surface area contributed by atoms with Gasteiger partial charge in [-0.15, -0.1) is 12.4 Å². The van der Waals surface area contributed by atoms with Gasteiger partial charge >= 0.3 is 0 Å². The second-order valence-electron chi connectivity index (χ2n) is 4.54. The molecule has 0 atom stereocenters. The number of nitrogens with one attached hydrogen (secondary N) is 2. The van der Waals surface area contributed by atoms with E-state index in [4.69, 9.17) is 0 Å². The first-order chi connectivity index (χ1) is 9.21. The summed E-state index contributed by atoms with van der Waals surface area (Å²) in [5, 5.41) is 5.78. The molecule has 0 aromatic heterocycles. The molecule has 0 fully saturated rings. The third kappa shape index (κ3) is 6.37. The van der Waals surface area contributed by atoms with Crippen LogP contribution in [0, 0.1) is 0 Å². The van der Waals surface area contributed by atoms with Crippen LogP contribution < -0.4 is 10.6 Å². The van der Waals surface area contributed by atoms with Crippen LogP contribution in [0.15, 0.2) is 24.3 Å². The van der Waals surface area contributed by atoms with E-state index in [1.54, 1.807) is 7.05 Å². The van der Waals surface area contributed by atoms with Crippen LogP contribution in [-0.4, -0.2) is 37.5 Å². The SMILES string of the molecule is CCN(CC)Cc1ccccc1CNC(=O)CNC.Cl. The summed E-state index contributed by atoms with van der Waals surface area (Å²) in [7, 11) is 1.77. The summed E-state index contributed by atoms with van der Waals surface area (Å²) in [6.45, 7) is 8.30. The van der Waals surface area contributed by atoms with E-state index < -0.39 is 0 Å². The normalized spacial score (nSPS) is 10.2. The quantitative estimate of drug-likeness (QED) is 0.769. The third-order valence-electron chi connectivity index (χ3n) is 3.22. The van der Waals surface area contributed by atoms with Gasteiger partial charge in [0.15, 0.2) is 0 Å². The van der Waals surface area contributed by atoms with Crippen LogP contribution in [0.2, 0.25) is 0 Å².